The molecule has 1 aromatic heterocycles. The first-order valence-corrected chi connectivity index (χ1v) is 9.09. The zero-order valence-corrected chi connectivity index (χ0v) is 14.3. The second kappa shape index (κ2) is 6.02. The lowest BCUT2D eigenvalue weighted by Crippen LogP contribution is -2.36. The molecular formula is C18H19N3O2S. The topological polar surface area (TPSA) is 53.5 Å². The Hall–Kier alpha value is -2.21. The molecule has 2 saturated heterocycles. The van der Waals surface area contributed by atoms with Gasteiger partial charge in [0, 0.05) is 43.8 Å². The maximum atomic E-state index is 12.6. The lowest BCUT2D eigenvalue weighted by molar-refractivity contribution is -0.130. The number of hydrogen-bond donors (Lipinski definition) is 0. The summed E-state index contributed by atoms with van der Waals surface area (Å²) in [6, 6.07) is 10.2. The molecule has 24 heavy (non-hydrogen) atoms. The molecule has 3 heterocycles. The fraction of sp³-hybridized carbons (Fsp3) is 0.389. The molecule has 0 N–H and O–H groups in total. The van der Waals surface area contributed by atoms with Crippen molar-refractivity contribution in [3.05, 3.63) is 52.5 Å². The van der Waals surface area contributed by atoms with Crippen LogP contribution < -0.4 is 0 Å². The minimum absolute atomic E-state index is 0.00633. The third-order valence-electron chi connectivity index (χ3n) is 5.15. The molecule has 124 valence electrons. The molecule has 4 rings (SSSR count). The minimum atomic E-state index is 0.00633. The molecule has 0 bridgehead atoms. The summed E-state index contributed by atoms with van der Waals surface area (Å²) in [6.45, 7) is 3.74. The highest BCUT2D eigenvalue weighted by Gasteiger charge is 2.49. The van der Waals surface area contributed by atoms with Crippen molar-refractivity contribution >= 4 is 23.2 Å². The highest BCUT2D eigenvalue weighted by atomic mass is 32.1. The summed E-state index contributed by atoms with van der Waals surface area (Å²) < 4.78 is 0. The normalized spacial score (nSPS) is 25.8. The van der Waals surface area contributed by atoms with Crippen molar-refractivity contribution in [1.29, 1.82) is 0 Å². The van der Waals surface area contributed by atoms with Gasteiger partial charge in [0.15, 0.2) is 0 Å². The molecule has 2 fully saturated rings. The van der Waals surface area contributed by atoms with Gasteiger partial charge in [-0.15, -0.1) is 11.3 Å². The Morgan fingerprint density at radius 3 is 2.62 bits per heavy atom. The molecular weight excluding hydrogens is 322 g/mol. The molecule has 0 aliphatic carbocycles. The lowest BCUT2D eigenvalue weighted by atomic mass is 9.89. The van der Waals surface area contributed by atoms with Crippen molar-refractivity contribution in [2.75, 3.05) is 19.6 Å². The number of thiazole rings is 1. The van der Waals surface area contributed by atoms with E-state index in [0.717, 1.165) is 12.1 Å². The van der Waals surface area contributed by atoms with Crippen LogP contribution in [0.25, 0.3) is 0 Å². The summed E-state index contributed by atoms with van der Waals surface area (Å²) in [4.78, 5) is 32.7. The first-order chi connectivity index (χ1) is 11.6. The van der Waals surface area contributed by atoms with E-state index in [1.165, 1.54) is 11.3 Å². The molecule has 0 spiro atoms. The van der Waals surface area contributed by atoms with Crippen LogP contribution in [0.5, 0.6) is 0 Å². The van der Waals surface area contributed by atoms with E-state index in [9.17, 15) is 9.59 Å². The molecule has 2 aliphatic heterocycles. The second-order valence-electron chi connectivity index (χ2n) is 6.53. The third-order valence-corrected chi connectivity index (χ3v) is 5.73. The van der Waals surface area contributed by atoms with Gasteiger partial charge in [-0.25, -0.2) is 4.98 Å². The second-order valence-corrected chi connectivity index (χ2v) is 7.25. The Bertz CT molecular complexity index is 747. The van der Waals surface area contributed by atoms with Crippen molar-refractivity contribution in [2.45, 2.75) is 13.0 Å². The number of carbonyl (C=O) groups is 2. The number of likely N-dealkylation sites (tertiary alicyclic amines) is 2. The van der Waals surface area contributed by atoms with E-state index in [0.29, 0.717) is 30.6 Å². The van der Waals surface area contributed by atoms with E-state index >= 15 is 0 Å². The summed E-state index contributed by atoms with van der Waals surface area (Å²) in [6.07, 6.45) is 0. The number of aromatic nitrogens is 1. The van der Waals surface area contributed by atoms with Crippen molar-refractivity contribution in [2.24, 2.45) is 11.8 Å². The van der Waals surface area contributed by atoms with Gasteiger partial charge in [-0.1, -0.05) is 30.3 Å². The predicted octanol–water partition coefficient (Wildman–Crippen LogP) is 2.43. The summed E-state index contributed by atoms with van der Waals surface area (Å²) in [5, 5.41) is 1.80. The highest BCUT2D eigenvalue weighted by molar-refractivity contribution is 7.07. The third kappa shape index (κ3) is 2.51. The van der Waals surface area contributed by atoms with E-state index in [2.05, 4.69) is 17.1 Å². The number of rotatable bonds is 2. The van der Waals surface area contributed by atoms with Crippen LogP contribution >= 0.6 is 11.3 Å². The van der Waals surface area contributed by atoms with Crippen LogP contribution in [0.3, 0.4) is 0 Å². The number of amides is 2. The van der Waals surface area contributed by atoms with Crippen molar-refractivity contribution in [1.82, 2.24) is 14.8 Å². The number of carbonyl (C=O) groups excluding carboxylic acids is 2. The smallest absolute Gasteiger partial charge is 0.273 e. The average molecular weight is 341 g/mol. The Morgan fingerprint density at radius 2 is 1.96 bits per heavy atom. The van der Waals surface area contributed by atoms with E-state index < -0.39 is 0 Å². The summed E-state index contributed by atoms with van der Waals surface area (Å²) >= 11 is 1.44. The number of nitrogens with zero attached hydrogens (tertiary/aromatic N) is 3. The maximum absolute atomic E-state index is 12.6. The molecule has 2 aromatic rings. The first kappa shape index (κ1) is 15.3. The fourth-order valence-electron chi connectivity index (χ4n) is 4.09. The molecule has 1 aromatic carbocycles. The van der Waals surface area contributed by atoms with Gasteiger partial charge < -0.3 is 9.80 Å². The van der Waals surface area contributed by atoms with Crippen molar-refractivity contribution in [3.8, 4) is 0 Å². The van der Waals surface area contributed by atoms with E-state index in [1.54, 1.807) is 17.8 Å². The lowest BCUT2D eigenvalue weighted by Gasteiger charge is -2.29. The number of benzene rings is 1. The van der Waals surface area contributed by atoms with Gasteiger partial charge >= 0.3 is 0 Å². The quantitative estimate of drug-likeness (QED) is 0.843. The molecule has 2 amide bonds. The zero-order chi connectivity index (χ0) is 16.7. The predicted molar refractivity (Wildman–Crippen MR) is 91.6 cm³/mol. The molecule has 0 saturated carbocycles. The van der Waals surface area contributed by atoms with Crippen molar-refractivity contribution < 1.29 is 9.59 Å². The molecule has 0 unspecified atom stereocenters. The highest BCUT2D eigenvalue weighted by Crippen LogP contribution is 2.45. The van der Waals surface area contributed by atoms with E-state index in [4.69, 9.17) is 0 Å². The average Bonchev–Trinajstić information content (AvgIpc) is 3.30. The first-order valence-electron chi connectivity index (χ1n) is 8.14. The summed E-state index contributed by atoms with van der Waals surface area (Å²) in [5.74, 6) is 0.739. The van der Waals surface area contributed by atoms with Crippen LogP contribution in [0.1, 0.15) is 29.0 Å². The van der Waals surface area contributed by atoms with Crippen LogP contribution in [0.15, 0.2) is 41.2 Å². The Labute approximate surface area is 144 Å². The maximum Gasteiger partial charge on any atom is 0.273 e. The standard InChI is InChI=1S/C18H19N3O2S/c1-12(22)21-8-14-7-20(18(23)16-10-24-11-19-16)9-15(14)17(21)13-5-3-2-4-6-13/h2-6,10-11,14-15,17H,7-9H2,1H3/t14-,15-,17+/m1/s1. The van der Waals surface area contributed by atoms with Crippen LogP contribution in [-0.4, -0.2) is 46.2 Å². The van der Waals surface area contributed by atoms with Crippen LogP contribution in [0.4, 0.5) is 0 Å². The van der Waals surface area contributed by atoms with Gasteiger partial charge in [0.25, 0.3) is 5.91 Å². The summed E-state index contributed by atoms with van der Waals surface area (Å²) in [7, 11) is 0. The number of fused-ring (bicyclic) bond motifs is 1. The van der Waals surface area contributed by atoms with Crippen LogP contribution in [-0.2, 0) is 4.79 Å². The molecule has 5 nitrogen and oxygen atoms in total. The molecule has 2 aliphatic rings. The zero-order valence-electron chi connectivity index (χ0n) is 13.5. The van der Waals surface area contributed by atoms with Gasteiger partial charge in [0.05, 0.1) is 11.6 Å². The Balaban J connectivity index is 1.60. The van der Waals surface area contributed by atoms with E-state index in [-0.39, 0.29) is 17.9 Å². The Kier molecular flexibility index (Phi) is 3.84. The summed E-state index contributed by atoms with van der Waals surface area (Å²) in [5.41, 5.74) is 3.37. The van der Waals surface area contributed by atoms with Crippen LogP contribution in [0, 0.1) is 11.8 Å². The molecule has 0 radical (unpaired) electrons. The van der Waals surface area contributed by atoms with Crippen molar-refractivity contribution in [3.63, 3.8) is 0 Å². The van der Waals surface area contributed by atoms with Gasteiger partial charge in [0.2, 0.25) is 5.91 Å². The SMILES string of the molecule is CC(=O)N1C[C@H]2CN(C(=O)c3cscn3)C[C@H]2[C@@H]1c1ccccc1. The Morgan fingerprint density at radius 1 is 1.17 bits per heavy atom. The monoisotopic (exact) mass is 341 g/mol. The van der Waals surface area contributed by atoms with Crippen LogP contribution in [0.2, 0.25) is 0 Å². The largest absolute Gasteiger partial charge is 0.337 e. The molecule has 6 heteroatoms. The van der Waals surface area contributed by atoms with E-state index in [1.807, 2.05) is 28.0 Å². The molecule has 3 atom stereocenters. The van der Waals surface area contributed by atoms with Gasteiger partial charge in [-0.3, -0.25) is 9.59 Å². The number of hydrogen-bond acceptors (Lipinski definition) is 4. The van der Waals surface area contributed by atoms with Gasteiger partial charge in [-0.05, 0) is 5.56 Å². The minimum Gasteiger partial charge on any atom is -0.337 e. The fourth-order valence-corrected chi connectivity index (χ4v) is 4.62. The van der Waals surface area contributed by atoms with Gasteiger partial charge in [-0.2, -0.15) is 0 Å². The van der Waals surface area contributed by atoms with Gasteiger partial charge in [0.1, 0.15) is 5.69 Å².